The molecule has 2 aromatic heterocycles. The van der Waals surface area contributed by atoms with Crippen LogP contribution in [-0.2, 0) is 6.54 Å². The minimum absolute atomic E-state index is 0.144. The summed E-state index contributed by atoms with van der Waals surface area (Å²) in [6.45, 7) is 5.84. The second-order valence-electron chi connectivity index (χ2n) is 6.86. The normalized spacial score (nSPS) is 13.1. The Balaban J connectivity index is 1.54. The molecule has 1 aliphatic rings. The Morgan fingerprint density at radius 1 is 1.11 bits per heavy atom. The summed E-state index contributed by atoms with van der Waals surface area (Å²) in [7, 11) is 0. The molecule has 0 spiro atoms. The summed E-state index contributed by atoms with van der Waals surface area (Å²) in [6.07, 6.45) is 2.62. The number of ether oxygens (including phenoxy) is 2. The van der Waals surface area contributed by atoms with Crippen molar-refractivity contribution in [3.8, 4) is 11.5 Å². The van der Waals surface area contributed by atoms with Crippen LogP contribution in [0.1, 0.15) is 33.9 Å². The van der Waals surface area contributed by atoms with Gasteiger partial charge in [-0.05, 0) is 44.2 Å². The lowest BCUT2D eigenvalue weighted by atomic mass is 10.2. The van der Waals surface area contributed by atoms with Crippen molar-refractivity contribution in [2.45, 2.75) is 26.8 Å². The van der Waals surface area contributed by atoms with Crippen molar-refractivity contribution >= 4 is 11.6 Å². The van der Waals surface area contributed by atoms with Gasteiger partial charge in [-0.1, -0.05) is 6.07 Å². The number of carbonyl (C=O) groups excluding carboxylic acids is 1. The number of pyridine rings is 1. The first-order chi connectivity index (χ1) is 13.6. The highest BCUT2D eigenvalue weighted by molar-refractivity contribution is 6.05. The van der Waals surface area contributed by atoms with E-state index in [1.165, 1.54) is 0 Å². The number of nitrogens with one attached hydrogen (secondary N) is 1. The molecule has 28 heavy (non-hydrogen) atoms. The number of nitrogens with zero attached hydrogens (tertiary/aromatic N) is 2. The summed E-state index contributed by atoms with van der Waals surface area (Å²) in [5.74, 6) is 1.23. The molecule has 4 rings (SSSR count). The van der Waals surface area contributed by atoms with E-state index in [4.69, 9.17) is 9.47 Å². The van der Waals surface area contributed by atoms with Gasteiger partial charge in [0, 0.05) is 35.8 Å². The highest BCUT2D eigenvalue weighted by atomic mass is 16.5. The molecule has 0 saturated heterocycles. The third kappa shape index (κ3) is 3.71. The van der Waals surface area contributed by atoms with E-state index in [0.717, 1.165) is 23.5 Å². The van der Waals surface area contributed by atoms with E-state index in [9.17, 15) is 4.79 Å². The number of aryl methyl sites for hydroxylation is 1. The summed E-state index contributed by atoms with van der Waals surface area (Å²) in [5.41, 5.74) is 4.23. The third-order valence-electron chi connectivity index (χ3n) is 4.87. The average molecular weight is 377 g/mol. The number of amides is 1. The topological polar surface area (TPSA) is 65.4 Å². The summed E-state index contributed by atoms with van der Waals surface area (Å²) < 4.78 is 13.4. The van der Waals surface area contributed by atoms with Gasteiger partial charge in [-0.25, -0.2) is 0 Å². The number of carbonyl (C=O) groups is 1. The number of aromatic nitrogens is 2. The Hall–Kier alpha value is -3.28. The first-order valence-electron chi connectivity index (χ1n) is 9.39. The predicted octanol–water partition coefficient (Wildman–Crippen LogP) is 3.96. The van der Waals surface area contributed by atoms with Crippen molar-refractivity contribution in [3.63, 3.8) is 0 Å². The third-order valence-corrected chi connectivity index (χ3v) is 4.87. The zero-order valence-corrected chi connectivity index (χ0v) is 16.1. The van der Waals surface area contributed by atoms with E-state index in [1.807, 2.05) is 56.3 Å². The number of hydrogen-bond donors (Lipinski definition) is 1. The van der Waals surface area contributed by atoms with E-state index in [-0.39, 0.29) is 5.91 Å². The van der Waals surface area contributed by atoms with E-state index < -0.39 is 0 Å². The smallest absolute Gasteiger partial charge is 0.257 e. The molecule has 0 saturated carbocycles. The van der Waals surface area contributed by atoms with Gasteiger partial charge in [0.05, 0.1) is 31.0 Å². The Kier molecular flexibility index (Phi) is 5.02. The molecular formula is C22H23N3O3. The molecule has 144 valence electrons. The minimum Gasteiger partial charge on any atom is -0.490 e. The predicted molar refractivity (Wildman–Crippen MR) is 107 cm³/mol. The first kappa shape index (κ1) is 18.1. The highest BCUT2D eigenvalue weighted by Crippen LogP contribution is 2.32. The number of rotatable bonds is 4. The summed E-state index contributed by atoms with van der Waals surface area (Å²) >= 11 is 0. The monoisotopic (exact) mass is 377 g/mol. The molecule has 0 fully saturated rings. The SMILES string of the molecule is Cc1cc(C(=O)Nc2ccc3c(c2)OCCCO3)c(C)n1Cc1ccccn1. The van der Waals surface area contributed by atoms with Gasteiger partial charge in [-0.2, -0.15) is 0 Å². The molecule has 0 unspecified atom stereocenters. The summed E-state index contributed by atoms with van der Waals surface area (Å²) in [6, 6.07) is 13.2. The van der Waals surface area contributed by atoms with Gasteiger partial charge in [-0.15, -0.1) is 0 Å². The summed E-state index contributed by atoms with van der Waals surface area (Å²) in [4.78, 5) is 17.3. The van der Waals surface area contributed by atoms with Gasteiger partial charge in [0.2, 0.25) is 0 Å². The van der Waals surface area contributed by atoms with Gasteiger partial charge < -0.3 is 19.4 Å². The van der Waals surface area contributed by atoms with Gasteiger partial charge in [-0.3, -0.25) is 9.78 Å². The lowest BCUT2D eigenvalue weighted by Crippen LogP contribution is -2.14. The molecule has 3 aromatic rings. The maximum atomic E-state index is 12.9. The first-order valence-corrected chi connectivity index (χ1v) is 9.39. The van der Waals surface area contributed by atoms with Crippen molar-refractivity contribution in [2.75, 3.05) is 18.5 Å². The fraction of sp³-hybridized carbons (Fsp3) is 0.273. The maximum absolute atomic E-state index is 12.9. The zero-order valence-electron chi connectivity index (χ0n) is 16.1. The minimum atomic E-state index is -0.144. The van der Waals surface area contributed by atoms with Crippen molar-refractivity contribution in [2.24, 2.45) is 0 Å². The van der Waals surface area contributed by atoms with Crippen LogP contribution in [0, 0.1) is 13.8 Å². The van der Waals surface area contributed by atoms with E-state index in [0.29, 0.717) is 42.5 Å². The Morgan fingerprint density at radius 2 is 1.93 bits per heavy atom. The molecule has 6 heteroatoms. The molecule has 0 atom stereocenters. The number of anilines is 1. The lowest BCUT2D eigenvalue weighted by Gasteiger charge is -2.11. The molecule has 0 radical (unpaired) electrons. The molecule has 0 aliphatic carbocycles. The quantitative estimate of drug-likeness (QED) is 0.747. The second kappa shape index (κ2) is 7.76. The van der Waals surface area contributed by atoms with Gasteiger partial charge >= 0.3 is 0 Å². The molecule has 1 amide bonds. The number of benzene rings is 1. The van der Waals surface area contributed by atoms with Crippen LogP contribution >= 0.6 is 0 Å². The molecule has 0 bridgehead atoms. The molecule has 3 heterocycles. The Morgan fingerprint density at radius 3 is 2.71 bits per heavy atom. The molecule has 1 N–H and O–H groups in total. The Bertz CT molecular complexity index is 996. The van der Waals surface area contributed by atoms with Crippen molar-refractivity contribution in [3.05, 3.63) is 71.3 Å². The van der Waals surface area contributed by atoms with Gasteiger partial charge in [0.1, 0.15) is 0 Å². The van der Waals surface area contributed by atoms with Gasteiger partial charge in [0.25, 0.3) is 5.91 Å². The average Bonchev–Trinajstić information content (AvgIpc) is 2.87. The van der Waals surface area contributed by atoms with Crippen LogP contribution in [0.25, 0.3) is 0 Å². The molecule has 1 aromatic carbocycles. The number of fused-ring (bicyclic) bond motifs is 1. The van der Waals surface area contributed by atoms with E-state index in [2.05, 4.69) is 14.9 Å². The Labute approximate surface area is 164 Å². The van der Waals surface area contributed by atoms with Crippen LogP contribution in [0.3, 0.4) is 0 Å². The van der Waals surface area contributed by atoms with Crippen LogP contribution < -0.4 is 14.8 Å². The van der Waals surface area contributed by atoms with Gasteiger partial charge in [0.15, 0.2) is 11.5 Å². The molecule has 1 aliphatic heterocycles. The van der Waals surface area contributed by atoms with Crippen molar-refractivity contribution < 1.29 is 14.3 Å². The van der Waals surface area contributed by atoms with E-state index >= 15 is 0 Å². The lowest BCUT2D eigenvalue weighted by molar-refractivity contribution is 0.102. The largest absolute Gasteiger partial charge is 0.490 e. The fourth-order valence-electron chi connectivity index (χ4n) is 3.37. The highest BCUT2D eigenvalue weighted by Gasteiger charge is 2.17. The van der Waals surface area contributed by atoms with Crippen molar-refractivity contribution in [1.82, 2.24) is 9.55 Å². The van der Waals surface area contributed by atoms with Crippen LogP contribution in [-0.4, -0.2) is 28.7 Å². The van der Waals surface area contributed by atoms with Crippen LogP contribution in [0.5, 0.6) is 11.5 Å². The van der Waals surface area contributed by atoms with Crippen LogP contribution in [0.15, 0.2) is 48.7 Å². The standard InChI is InChI=1S/C22H23N3O3/c1-15-12-19(16(2)25(15)14-18-6-3-4-9-23-18)22(26)24-17-7-8-20-21(13-17)28-11-5-10-27-20/h3-4,6-9,12-13H,5,10-11,14H2,1-2H3,(H,24,26). The summed E-state index contributed by atoms with van der Waals surface area (Å²) in [5, 5.41) is 2.97. The fourth-order valence-corrected chi connectivity index (χ4v) is 3.37. The molecule has 6 nitrogen and oxygen atoms in total. The van der Waals surface area contributed by atoms with Crippen LogP contribution in [0.2, 0.25) is 0 Å². The zero-order chi connectivity index (χ0) is 19.5. The molecular weight excluding hydrogens is 354 g/mol. The maximum Gasteiger partial charge on any atom is 0.257 e. The van der Waals surface area contributed by atoms with Crippen molar-refractivity contribution in [1.29, 1.82) is 0 Å². The van der Waals surface area contributed by atoms with E-state index in [1.54, 1.807) is 6.20 Å². The van der Waals surface area contributed by atoms with Crippen LogP contribution in [0.4, 0.5) is 5.69 Å². The number of hydrogen-bond acceptors (Lipinski definition) is 4. The second-order valence-corrected chi connectivity index (χ2v) is 6.86.